The van der Waals surface area contributed by atoms with E-state index in [0.717, 1.165) is 40.6 Å². The summed E-state index contributed by atoms with van der Waals surface area (Å²) in [4.78, 5) is 8.84. The number of aromatic nitrogens is 2. The summed E-state index contributed by atoms with van der Waals surface area (Å²) in [6.07, 6.45) is 6.12. The van der Waals surface area contributed by atoms with Gasteiger partial charge in [-0.25, -0.2) is 0 Å². The number of fused-ring (bicyclic) bond motifs is 1. The maximum absolute atomic E-state index is 5.46. The van der Waals surface area contributed by atoms with Crippen molar-refractivity contribution in [3.63, 3.8) is 0 Å². The average molecular weight is 332 g/mol. The van der Waals surface area contributed by atoms with E-state index in [1.165, 1.54) is 5.69 Å². The Hall–Kier alpha value is -3.08. The SMILES string of the molecule is Cc1cc(N2CC=Cc3cnc(-c4ccc(N(C)C)cc4)cc32)on1. The Balaban J connectivity index is 1.74. The highest BCUT2D eigenvalue weighted by molar-refractivity contribution is 5.79. The predicted molar refractivity (Wildman–Crippen MR) is 101 cm³/mol. The fourth-order valence-corrected chi connectivity index (χ4v) is 2.98. The van der Waals surface area contributed by atoms with Gasteiger partial charge >= 0.3 is 0 Å². The Kier molecular flexibility index (Phi) is 3.76. The zero-order valence-corrected chi connectivity index (χ0v) is 14.6. The summed E-state index contributed by atoms with van der Waals surface area (Å²) in [5, 5.41) is 4.01. The van der Waals surface area contributed by atoms with Crippen molar-refractivity contribution in [1.29, 1.82) is 0 Å². The summed E-state index contributed by atoms with van der Waals surface area (Å²) in [5.74, 6) is 0.753. The molecule has 0 saturated carbocycles. The summed E-state index contributed by atoms with van der Waals surface area (Å²) in [7, 11) is 4.07. The van der Waals surface area contributed by atoms with Crippen molar-refractivity contribution in [2.24, 2.45) is 0 Å². The minimum atomic E-state index is 0.753. The minimum absolute atomic E-state index is 0.753. The topological polar surface area (TPSA) is 45.4 Å². The third kappa shape index (κ3) is 2.89. The molecule has 0 saturated heterocycles. The van der Waals surface area contributed by atoms with E-state index in [1.807, 2.05) is 33.3 Å². The van der Waals surface area contributed by atoms with Gasteiger partial charge in [-0.15, -0.1) is 0 Å². The van der Waals surface area contributed by atoms with Gasteiger partial charge < -0.3 is 14.3 Å². The number of nitrogens with zero attached hydrogens (tertiary/aromatic N) is 4. The van der Waals surface area contributed by atoms with Crippen molar-refractivity contribution in [3.05, 3.63) is 59.9 Å². The molecule has 3 heterocycles. The maximum Gasteiger partial charge on any atom is 0.232 e. The van der Waals surface area contributed by atoms with Crippen LogP contribution < -0.4 is 9.80 Å². The normalized spacial score (nSPS) is 13.0. The van der Waals surface area contributed by atoms with Crippen LogP contribution in [0.2, 0.25) is 0 Å². The Morgan fingerprint density at radius 1 is 1.12 bits per heavy atom. The molecule has 126 valence electrons. The minimum Gasteiger partial charge on any atom is -0.378 e. The fraction of sp³-hybridized carbons (Fsp3) is 0.200. The third-order valence-corrected chi connectivity index (χ3v) is 4.35. The van der Waals surface area contributed by atoms with E-state index < -0.39 is 0 Å². The van der Waals surface area contributed by atoms with Crippen molar-refractivity contribution in [2.75, 3.05) is 30.4 Å². The Bertz CT molecular complexity index is 925. The van der Waals surface area contributed by atoms with Crippen LogP contribution in [-0.2, 0) is 0 Å². The zero-order valence-electron chi connectivity index (χ0n) is 14.6. The van der Waals surface area contributed by atoms with Crippen molar-refractivity contribution in [3.8, 4) is 11.3 Å². The molecule has 0 unspecified atom stereocenters. The maximum atomic E-state index is 5.46. The van der Waals surface area contributed by atoms with Crippen LogP contribution in [0, 0.1) is 6.92 Å². The quantitative estimate of drug-likeness (QED) is 0.716. The van der Waals surface area contributed by atoms with E-state index >= 15 is 0 Å². The van der Waals surface area contributed by atoms with Gasteiger partial charge in [0, 0.05) is 49.7 Å². The van der Waals surface area contributed by atoms with Gasteiger partial charge in [0.25, 0.3) is 0 Å². The monoisotopic (exact) mass is 332 g/mol. The molecule has 0 amide bonds. The molecule has 0 spiro atoms. The lowest BCUT2D eigenvalue weighted by molar-refractivity contribution is 0.420. The first-order valence-electron chi connectivity index (χ1n) is 8.27. The van der Waals surface area contributed by atoms with Gasteiger partial charge in [0.1, 0.15) is 0 Å². The number of hydrogen-bond donors (Lipinski definition) is 0. The summed E-state index contributed by atoms with van der Waals surface area (Å²) in [6, 6.07) is 12.5. The average Bonchev–Trinajstić information content (AvgIpc) is 3.07. The van der Waals surface area contributed by atoms with Crippen LogP contribution in [-0.4, -0.2) is 30.8 Å². The van der Waals surface area contributed by atoms with E-state index in [2.05, 4.69) is 62.4 Å². The van der Waals surface area contributed by atoms with Crippen LogP contribution in [0.25, 0.3) is 17.3 Å². The highest BCUT2D eigenvalue weighted by Crippen LogP contribution is 2.35. The molecule has 0 radical (unpaired) electrons. The first kappa shape index (κ1) is 15.4. The lowest BCUT2D eigenvalue weighted by atomic mass is 10.1. The van der Waals surface area contributed by atoms with E-state index in [1.54, 1.807) is 0 Å². The van der Waals surface area contributed by atoms with Crippen molar-refractivity contribution in [2.45, 2.75) is 6.92 Å². The molecule has 5 heteroatoms. The van der Waals surface area contributed by atoms with E-state index in [9.17, 15) is 0 Å². The fourth-order valence-electron chi connectivity index (χ4n) is 2.98. The molecule has 5 nitrogen and oxygen atoms in total. The van der Waals surface area contributed by atoms with Gasteiger partial charge in [0.15, 0.2) is 0 Å². The van der Waals surface area contributed by atoms with Gasteiger partial charge in [0.2, 0.25) is 5.88 Å². The van der Waals surface area contributed by atoms with Crippen LogP contribution in [0.15, 0.2) is 53.2 Å². The molecular formula is C20H20N4O. The molecule has 1 aliphatic heterocycles. The lowest BCUT2D eigenvalue weighted by Gasteiger charge is -2.25. The molecule has 0 bridgehead atoms. The molecule has 0 N–H and O–H groups in total. The number of pyridine rings is 1. The van der Waals surface area contributed by atoms with Crippen LogP contribution in [0.4, 0.5) is 17.3 Å². The second-order valence-electron chi connectivity index (χ2n) is 6.39. The first-order chi connectivity index (χ1) is 12.1. The van der Waals surface area contributed by atoms with Crippen molar-refractivity contribution < 1.29 is 4.52 Å². The van der Waals surface area contributed by atoms with Gasteiger partial charge in [-0.05, 0) is 25.1 Å². The van der Waals surface area contributed by atoms with Crippen molar-refractivity contribution in [1.82, 2.24) is 10.1 Å². The highest BCUT2D eigenvalue weighted by Gasteiger charge is 2.19. The molecule has 25 heavy (non-hydrogen) atoms. The number of rotatable bonds is 3. The lowest BCUT2D eigenvalue weighted by Crippen LogP contribution is -2.20. The first-order valence-corrected chi connectivity index (χ1v) is 8.27. The van der Waals surface area contributed by atoms with Crippen LogP contribution in [0.3, 0.4) is 0 Å². The summed E-state index contributed by atoms with van der Waals surface area (Å²) in [6.45, 7) is 2.68. The van der Waals surface area contributed by atoms with Crippen LogP contribution in [0.1, 0.15) is 11.3 Å². The van der Waals surface area contributed by atoms with Crippen molar-refractivity contribution >= 4 is 23.3 Å². The molecule has 1 aromatic carbocycles. The number of hydrogen-bond acceptors (Lipinski definition) is 5. The molecule has 1 aliphatic rings. The Morgan fingerprint density at radius 3 is 2.60 bits per heavy atom. The molecule has 2 aromatic heterocycles. The molecule has 0 fully saturated rings. The van der Waals surface area contributed by atoms with Crippen LogP contribution in [0.5, 0.6) is 0 Å². The predicted octanol–water partition coefficient (Wildman–Crippen LogP) is 4.28. The zero-order chi connectivity index (χ0) is 17.4. The smallest absolute Gasteiger partial charge is 0.232 e. The molecule has 3 aromatic rings. The largest absolute Gasteiger partial charge is 0.378 e. The second kappa shape index (κ2) is 6.09. The number of benzene rings is 1. The highest BCUT2D eigenvalue weighted by atomic mass is 16.5. The Morgan fingerprint density at radius 2 is 1.92 bits per heavy atom. The van der Waals surface area contributed by atoms with Gasteiger partial charge in [-0.1, -0.05) is 29.4 Å². The van der Waals surface area contributed by atoms with Crippen LogP contribution >= 0.6 is 0 Å². The number of anilines is 3. The Labute approximate surface area is 147 Å². The standard InChI is InChI=1S/C20H20N4O/c1-14-11-20(25-22-14)24-10-4-5-16-13-21-18(12-19(16)24)15-6-8-17(9-7-15)23(2)3/h4-9,11-13H,10H2,1-3H3. The summed E-state index contributed by atoms with van der Waals surface area (Å²) >= 11 is 0. The molecular weight excluding hydrogens is 312 g/mol. The van der Waals surface area contributed by atoms with Gasteiger partial charge in [-0.2, -0.15) is 0 Å². The third-order valence-electron chi connectivity index (χ3n) is 4.35. The van der Waals surface area contributed by atoms with E-state index in [-0.39, 0.29) is 0 Å². The molecule has 4 rings (SSSR count). The summed E-state index contributed by atoms with van der Waals surface area (Å²) in [5.41, 5.74) is 6.25. The summed E-state index contributed by atoms with van der Waals surface area (Å²) < 4.78 is 5.46. The molecule has 0 aliphatic carbocycles. The van der Waals surface area contributed by atoms with Gasteiger partial charge in [-0.3, -0.25) is 4.98 Å². The number of aryl methyl sites for hydroxylation is 1. The van der Waals surface area contributed by atoms with Gasteiger partial charge in [0.05, 0.1) is 17.1 Å². The second-order valence-corrected chi connectivity index (χ2v) is 6.39. The molecule has 0 atom stereocenters. The van der Waals surface area contributed by atoms with E-state index in [4.69, 9.17) is 4.52 Å². The van der Waals surface area contributed by atoms with E-state index in [0.29, 0.717) is 0 Å².